The maximum atomic E-state index is 13.3. The fourth-order valence-corrected chi connectivity index (χ4v) is 3.73. The summed E-state index contributed by atoms with van der Waals surface area (Å²) < 4.78 is 5.14. The van der Waals surface area contributed by atoms with Gasteiger partial charge in [-0.1, -0.05) is 48.5 Å². The summed E-state index contributed by atoms with van der Waals surface area (Å²) in [6.45, 7) is 0. The van der Waals surface area contributed by atoms with Gasteiger partial charge in [-0.05, 0) is 42.0 Å². The summed E-state index contributed by atoms with van der Waals surface area (Å²) >= 11 is 0. The average molecular weight is 418 g/mol. The van der Waals surface area contributed by atoms with Crippen LogP contribution in [0, 0.1) is 5.92 Å². The van der Waals surface area contributed by atoms with Crippen molar-refractivity contribution in [3.8, 4) is 5.75 Å². The molecule has 1 amide bonds. The standard InChI is InChI=1S/C24H22N2O5/c1-30-19-14-12-17(13-15-19)25-23(27)20-21(16-8-4-2-5-9-16)26(31-22(20)24(28)29)18-10-6-3-7-11-18/h2-15,20-22H,1H3,(H,25,27)(H,28,29)/t20-,21+,22+/m1/s1. The monoisotopic (exact) mass is 418 g/mol. The van der Waals surface area contributed by atoms with Crippen LogP contribution in [0.1, 0.15) is 11.6 Å². The number of para-hydroxylation sites is 1. The molecule has 1 heterocycles. The van der Waals surface area contributed by atoms with Gasteiger partial charge < -0.3 is 15.2 Å². The van der Waals surface area contributed by atoms with E-state index in [1.807, 2.05) is 60.7 Å². The number of nitrogens with one attached hydrogen (secondary N) is 1. The van der Waals surface area contributed by atoms with Gasteiger partial charge in [0.2, 0.25) is 5.91 Å². The predicted molar refractivity (Wildman–Crippen MR) is 116 cm³/mol. The zero-order valence-electron chi connectivity index (χ0n) is 16.8. The Bertz CT molecular complexity index is 1040. The molecule has 7 heteroatoms. The second-order valence-electron chi connectivity index (χ2n) is 7.12. The molecule has 0 spiro atoms. The highest BCUT2D eigenvalue weighted by molar-refractivity contribution is 5.97. The van der Waals surface area contributed by atoms with Gasteiger partial charge in [-0.15, -0.1) is 0 Å². The quantitative estimate of drug-likeness (QED) is 0.631. The highest BCUT2D eigenvalue weighted by Crippen LogP contribution is 2.43. The van der Waals surface area contributed by atoms with E-state index in [1.165, 1.54) is 5.06 Å². The summed E-state index contributed by atoms with van der Waals surface area (Å²) in [4.78, 5) is 31.2. The first-order chi connectivity index (χ1) is 15.1. The topological polar surface area (TPSA) is 88.1 Å². The number of aliphatic carboxylic acids is 1. The number of carboxylic acids is 1. The molecule has 0 unspecified atom stereocenters. The van der Waals surface area contributed by atoms with Crippen molar-refractivity contribution in [2.24, 2.45) is 5.92 Å². The van der Waals surface area contributed by atoms with Gasteiger partial charge >= 0.3 is 5.97 Å². The lowest BCUT2D eigenvalue weighted by molar-refractivity contribution is -0.151. The van der Waals surface area contributed by atoms with Crippen molar-refractivity contribution < 1.29 is 24.3 Å². The minimum absolute atomic E-state index is 0.440. The number of ether oxygens (including phenoxy) is 1. The number of methoxy groups -OCH3 is 1. The lowest BCUT2D eigenvalue weighted by atomic mass is 9.88. The number of nitrogens with zero attached hydrogens (tertiary/aromatic N) is 1. The van der Waals surface area contributed by atoms with Crippen molar-refractivity contribution in [3.05, 3.63) is 90.5 Å². The summed E-state index contributed by atoms with van der Waals surface area (Å²) in [6, 6.07) is 24.7. The van der Waals surface area contributed by atoms with E-state index in [4.69, 9.17) is 9.57 Å². The van der Waals surface area contributed by atoms with Gasteiger partial charge in [0, 0.05) is 5.69 Å². The van der Waals surface area contributed by atoms with Gasteiger partial charge in [0.1, 0.15) is 11.7 Å². The Morgan fingerprint density at radius 2 is 1.55 bits per heavy atom. The van der Waals surface area contributed by atoms with Crippen molar-refractivity contribution in [2.45, 2.75) is 12.1 Å². The van der Waals surface area contributed by atoms with Crippen LogP contribution in [0.2, 0.25) is 0 Å². The number of hydrogen-bond donors (Lipinski definition) is 2. The third kappa shape index (κ3) is 4.22. The minimum Gasteiger partial charge on any atom is -0.497 e. The normalized spacial score (nSPS) is 20.3. The number of carboxylic acid groups (broad SMARTS) is 1. The predicted octanol–water partition coefficient (Wildman–Crippen LogP) is 3.90. The summed E-state index contributed by atoms with van der Waals surface area (Å²) in [5.41, 5.74) is 1.99. The van der Waals surface area contributed by atoms with Crippen molar-refractivity contribution >= 4 is 23.3 Å². The van der Waals surface area contributed by atoms with Crippen LogP contribution in [0.5, 0.6) is 5.75 Å². The van der Waals surface area contributed by atoms with Crippen LogP contribution in [-0.2, 0) is 14.4 Å². The summed E-state index contributed by atoms with van der Waals surface area (Å²) in [6.07, 6.45) is -1.34. The van der Waals surface area contributed by atoms with Crippen LogP contribution in [0.4, 0.5) is 11.4 Å². The van der Waals surface area contributed by atoms with Crippen molar-refractivity contribution in [3.63, 3.8) is 0 Å². The molecule has 3 atom stereocenters. The fraction of sp³-hybridized carbons (Fsp3) is 0.167. The lowest BCUT2D eigenvalue weighted by Crippen LogP contribution is -2.37. The van der Waals surface area contributed by atoms with Crippen molar-refractivity contribution in [1.82, 2.24) is 0 Å². The molecule has 0 aromatic heterocycles. The second kappa shape index (κ2) is 8.89. The fourth-order valence-electron chi connectivity index (χ4n) is 3.73. The molecule has 1 fully saturated rings. The van der Waals surface area contributed by atoms with E-state index >= 15 is 0 Å². The molecule has 0 bridgehead atoms. The van der Waals surface area contributed by atoms with Crippen molar-refractivity contribution in [2.75, 3.05) is 17.5 Å². The van der Waals surface area contributed by atoms with E-state index < -0.39 is 29.9 Å². The molecule has 1 aliphatic rings. The van der Waals surface area contributed by atoms with Crippen LogP contribution in [0.25, 0.3) is 0 Å². The molecule has 3 aromatic carbocycles. The number of hydroxylamine groups is 1. The maximum Gasteiger partial charge on any atom is 0.336 e. The molecule has 1 aliphatic heterocycles. The number of carbonyl (C=O) groups excluding carboxylic acids is 1. The minimum atomic E-state index is -1.34. The molecule has 2 N–H and O–H groups in total. The van der Waals surface area contributed by atoms with E-state index in [-0.39, 0.29) is 0 Å². The number of rotatable bonds is 6. The summed E-state index contributed by atoms with van der Waals surface area (Å²) in [5, 5.41) is 14.2. The first-order valence-corrected chi connectivity index (χ1v) is 9.82. The maximum absolute atomic E-state index is 13.3. The highest BCUT2D eigenvalue weighted by Gasteiger charge is 2.52. The SMILES string of the molecule is COc1ccc(NC(=O)[C@H]2[C@@H](C(=O)O)ON(c3ccccc3)[C@H]2c2ccccc2)cc1. The molecule has 0 saturated carbocycles. The Labute approximate surface area is 179 Å². The third-order valence-electron chi connectivity index (χ3n) is 5.20. The van der Waals surface area contributed by atoms with Crippen LogP contribution >= 0.6 is 0 Å². The van der Waals surface area contributed by atoms with Gasteiger partial charge in [0.25, 0.3) is 0 Å². The number of carbonyl (C=O) groups is 2. The molecule has 158 valence electrons. The Hall–Kier alpha value is -3.84. The number of amides is 1. The van der Waals surface area contributed by atoms with Gasteiger partial charge in [-0.3, -0.25) is 9.63 Å². The molecule has 3 aromatic rings. The second-order valence-corrected chi connectivity index (χ2v) is 7.12. The number of anilines is 2. The van der Waals surface area contributed by atoms with Crippen LogP contribution in [-0.4, -0.2) is 30.2 Å². The molecular formula is C24H22N2O5. The average Bonchev–Trinajstić information content (AvgIpc) is 3.22. The molecule has 4 rings (SSSR count). The molecule has 1 saturated heterocycles. The zero-order valence-corrected chi connectivity index (χ0v) is 16.8. The van der Waals surface area contributed by atoms with E-state index in [0.717, 1.165) is 5.56 Å². The van der Waals surface area contributed by atoms with Gasteiger partial charge in [0.05, 0.1) is 18.8 Å². The Morgan fingerprint density at radius 3 is 2.13 bits per heavy atom. The molecule has 0 aliphatic carbocycles. The van der Waals surface area contributed by atoms with E-state index in [1.54, 1.807) is 31.4 Å². The summed E-state index contributed by atoms with van der Waals surface area (Å²) in [5.74, 6) is -1.97. The Morgan fingerprint density at radius 1 is 0.935 bits per heavy atom. The number of benzene rings is 3. The molecular weight excluding hydrogens is 396 g/mol. The van der Waals surface area contributed by atoms with Gasteiger partial charge in [0.15, 0.2) is 6.10 Å². The lowest BCUT2D eigenvalue weighted by Gasteiger charge is -2.27. The first kappa shape index (κ1) is 20.4. The van der Waals surface area contributed by atoms with Crippen molar-refractivity contribution in [1.29, 1.82) is 0 Å². The molecule has 0 radical (unpaired) electrons. The van der Waals surface area contributed by atoms with E-state index in [0.29, 0.717) is 17.1 Å². The third-order valence-corrected chi connectivity index (χ3v) is 5.20. The highest BCUT2D eigenvalue weighted by atomic mass is 16.7. The van der Waals surface area contributed by atoms with Crippen LogP contribution < -0.4 is 15.1 Å². The molecule has 7 nitrogen and oxygen atoms in total. The van der Waals surface area contributed by atoms with E-state index in [9.17, 15) is 14.7 Å². The van der Waals surface area contributed by atoms with Crippen LogP contribution in [0.3, 0.4) is 0 Å². The summed E-state index contributed by atoms with van der Waals surface area (Å²) in [7, 11) is 1.56. The number of hydrogen-bond acceptors (Lipinski definition) is 5. The Kier molecular flexibility index (Phi) is 5.86. The zero-order chi connectivity index (χ0) is 21.8. The van der Waals surface area contributed by atoms with Gasteiger partial charge in [-0.2, -0.15) is 0 Å². The Balaban J connectivity index is 1.72. The largest absolute Gasteiger partial charge is 0.497 e. The first-order valence-electron chi connectivity index (χ1n) is 9.82. The van der Waals surface area contributed by atoms with Gasteiger partial charge in [-0.25, -0.2) is 9.86 Å². The van der Waals surface area contributed by atoms with E-state index in [2.05, 4.69) is 5.32 Å². The smallest absolute Gasteiger partial charge is 0.336 e. The van der Waals surface area contributed by atoms with Crippen LogP contribution in [0.15, 0.2) is 84.9 Å². The molecule has 31 heavy (non-hydrogen) atoms.